The number of benzene rings is 1. The molecule has 0 aromatic heterocycles. The van der Waals surface area contributed by atoms with Crippen molar-refractivity contribution in [3.8, 4) is 0 Å². The third-order valence-electron chi connectivity index (χ3n) is 6.41. The molecule has 1 aliphatic heterocycles. The van der Waals surface area contributed by atoms with Crippen molar-refractivity contribution >= 4 is 5.91 Å². The molecule has 3 N–H and O–H groups in total. The summed E-state index contributed by atoms with van der Waals surface area (Å²) in [6.07, 6.45) is 0.880. The average Bonchev–Trinajstić information content (AvgIpc) is 2.66. The van der Waals surface area contributed by atoms with Gasteiger partial charge in [0.15, 0.2) is 0 Å². The summed E-state index contributed by atoms with van der Waals surface area (Å²) in [6.45, 7) is 12.8. The number of hydrogen-bond donors (Lipinski definition) is 2. The Morgan fingerprint density at radius 1 is 1.39 bits per heavy atom. The lowest BCUT2D eigenvalue weighted by atomic mass is 9.54. The van der Waals surface area contributed by atoms with Crippen molar-refractivity contribution in [3.05, 3.63) is 35.4 Å². The van der Waals surface area contributed by atoms with Gasteiger partial charge in [0.25, 0.3) is 0 Å². The minimum Gasteiger partial charge on any atom is -0.378 e. The molecule has 1 saturated heterocycles. The summed E-state index contributed by atoms with van der Waals surface area (Å²) in [5.74, 6) is -0.0964. The number of nitrogens with two attached hydrogens (primary N) is 1. The zero-order valence-corrected chi connectivity index (χ0v) is 17.7. The Kier molecular flexibility index (Phi) is 6.44. The van der Waals surface area contributed by atoms with Gasteiger partial charge in [0, 0.05) is 44.6 Å². The van der Waals surface area contributed by atoms with Gasteiger partial charge in [-0.05, 0) is 25.0 Å². The summed E-state index contributed by atoms with van der Waals surface area (Å²) < 4.78 is 11.3. The normalized spacial score (nSPS) is 29.9. The molecule has 3 unspecified atom stereocenters. The molecule has 1 aromatic carbocycles. The first-order valence-corrected chi connectivity index (χ1v) is 10.4. The third kappa shape index (κ3) is 4.25. The van der Waals surface area contributed by atoms with Crippen molar-refractivity contribution < 1.29 is 14.3 Å². The van der Waals surface area contributed by atoms with Crippen LogP contribution in [-0.4, -0.2) is 54.9 Å². The van der Waals surface area contributed by atoms with E-state index in [1.165, 1.54) is 5.56 Å². The van der Waals surface area contributed by atoms with Crippen LogP contribution in [0, 0.1) is 5.41 Å². The van der Waals surface area contributed by atoms with Crippen LogP contribution in [0.5, 0.6) is 0 Å². The Balaban J connectivity index is 1.55. The van der Waals surface area contributed by atoms with Crippen molar-refractivity contribution in [2.45, 2.75) is 65.0 Å². The van der Waals surface area contributed by atoms with Crippen molar-refractivity contribution in [2.75, 3.05) is 26.3 Å². The molecule has 1 amide bonds. The lowest BCUT2D eigenvalue weighted by molar-refractivity contribution is -0.170. The highest BCUT2D eigenvalue weighted by Gasteiger charge is 2.62. The van der Waals surface area contributed by atoms with E-state index >= 15 is 0 Å². The van der Waals surface area contributed by atoms with Crippen molar-refractivity contribution in [1.29, 1.82) is 0 Å². The largest absolute Gasteiger partial charge is 0.378 e. The van der Waals surface area contributed by atoms with Gasteiger partial charge in [-0.2, -0.15) is 0 Å². The van der Waals surface area contributed by atoms with Crippen molar-refractivity contribution in [1.82, 2.24) is 10.2 Å². The zero-order valence-electron chi connectivity index (χ0n) is 17.7. The molecule has 6 nitrogen and oxygen atoms in total. The first-order chi connectivity index (χ1) is 13.3. The molecule has 3 rings (SSSR count). The quantitative estimate of drug-likeness (QED) is 0.746. The van der Waals surface area contributed by atoms with E-state index in [2.05, 4.69) is 35.3 Å². The van der Waals surface area contributed by atoms with E-state index in [0.29, 0.717) is 19.6 Å². The van der Waals surface area contributed by atoms with Crippen molar-refractivity contribution in [3.63, 3.8) is 0 Å². The molecule has 0 bridgehead atoms. The molecule has 1 heterocycles. The molecule has 1 aliphatic carbocycles. The molecular formula is C22H35N3O3. The summed E-state index contributed by atoms with van der Waals surface area (Å²) in [7, 11) is 0. The molecule has 2 aliphatic rings. The Bertz CT molecular complexity index is 693. The highest BCUT2D eigenvalue weighted by Crippen LogP contribution is 2.49. The molecule has 3 atom stereocenters. The van der Waals surface area contributed by atoms with Crippen LogP contribution in [-0.2, 0) is 27.4 Å². The van der Waals surface area contributed by atoms with E-state index in [0.717, 1.165) is 31.8 Å². The lowest BCUT2D eigenvalue weighted by Gasteiger charge is -2.57. The Morgan fingerprint density at radius 3 is 2.82 bits per heavy atom. The van der Waals surface area contributed by atoms with E-state index < -0.39 is 5.54 Å². The standard InChI is InChI=1S/C22H35N3O3/c1-5-27-19-12-22(23,21(19,3)4)20(26)24-13-17-7-6-8-18(11-17)15-25-9-10-28-16(2)14-25/h6-8,11,16,19H,5,9-10,12-15,23H2,1-4H3,(H,24,26). The highest BCUT2D eigenvalue weighted by atomic mass is 16.5. The lowest BCUT2D eigenvalue weighted by Crippen LogP contribution is -2.75. The number of carbonyl (C=O) groups is 1. The second-order valence-electron chi connectivity index (χ2n) is 8.76. The second kappa shape index (κ2) is 8.49. The summed E-state index contributed by atoms with van der Waals surface area (Å²) in [5.41, 5.74) is 7.56. The first kappa shape index (κ1) is 21.2. The van der Waals surface area contributed by atoms with Gasteiger partial charge in [-0.1, -0.05) is 38.1 Å². The Morgan fingerprint density at radius 2 is 2.14 bits per heavy atom. The SMILES string of the molecule is CCOC1CC(N)(C(=O)NCc2cccc(CN3CCOC(C)C3)c2)C1(C)C. The predicted octanol–water partition coefficient (Wildman–Crippen LogP) is 2.06. The molecule has 0 radical (unpaired) electrons. The number of morpholine rings is 1. The van der Waals surface area contributed by atoms with Crippen LogP contribution in [0.2, 0.25) is 0 Å². The molecular weight excluding hydrogens is 354 g/mol. The molecule has 2 fully saturated rings. The number of rotatable bonds is 7. The predicted molar refractivity (Wildman–Crippen MR) is 110 cm³/mol. The fourth-order valence-electron chi connectivity index (χ4n) is 4.29. The maximum atomic E-state index is 12.8. The van der Waals surface area contributed by atoms with Gasteiger partial charge in [-0.3, -0.25) is 9.69 Å². The van der Waals surface area contributed by atoms with Gasteiger partial charge >= 0.3 is 0 Å². The van der Waals surface area contributed by atoms with Crippen LogP contribution in [0.4, 0.5) is 0 Å². The van der Waals surface area contributed by atoms with E-state index in [9.17, 15) is 4.79 Å². The monoisotopic (exact) mass is 389 g/mol. The maximum absolute atomic E-state index is 12.8. The zero-order chi connectivity index (χ0) is 20.4. The van der Waals surface area contributed by atoms with Crippen LogP contribution < -0.4 is 11.1 Å². The van der Waals surface area contributed by atoms with Crippen LogP contribution in [0.25, 0.3) is 0 Å². The molecule has 6 heteroatoms. The Labute approximate surface area is 168 Å². The summed E-state index contributed by atoms with van der Waals surface area (Å²) in [5, 5.41) is 3.04. The van der Waals surface area contributed by atoms with Gasteiger partial charge in [0.05, 0.1) is 18.8 Å². The fraction of sp³-hybridized carbons (Fsp3) is 0.682. The summed E-state index contributed by atoms with van der Waals surface area (Å²) in [4.78, 5) is 15.2. The minimum absolute atomic E-state index is 0.0347. The molecule has 0 spiro atoms. The third-order valence-corrected chi connectivity index (χ3v) is 6.41. The topological polar surface area (TPSA) is 76.8 Å². The molecule has 1 saturated carbocycles. The van der Waals surface area contributed by atoms with Crippen molar-refractivity contribution in [2.24, 2.45) is 11.1 Å². The maximum Gasteiger partial charge on any atom is 0.241 e. The number of amides is 1. The average molecular weight is 390 g/mol. The number of nitrogens with zero attached hydrogens (tertiary/aromatic N) is 1. The molecule has 156 valence electrons. The molecule has 1 aromatic rings. The second-order valence-corrected chi connectivity index (χ2v) is 8.76. The van der Waals surface area contributed by atoms with Crippen LogP contribution in [0.3, 0.4) is 0 Å². The van der Waals surface area contributed by atoms with Gasteiger partial charge in [0.2, 0.25) is 5.91 Å². The van der Waals surface area contributed by atoms with E-state index in [4.69, 9.17) is 15.2 Å². The van der Waals surface area contributed by atoms with Gasteiger partial charge in [0.1, 0.15) is 5.54 Å². The summed E-state index contributed by atoms with van der Waals surface area (Å²) >= 11 is 0. The van der Waals surface area contributed by atoms with E-state index in [-0.39, 0.29) is 23.5 Å². The van der Waals surface area contributed by atoms with Gasteiger partial charge in [-0.15, -0.1) is 0 Å². The van der Waals surface area contributed by atoms with Crippen LogP contribution >= 0.6 is 0 Å². The number of carbonyl (C=O) groups excluding carboxylic acids is 1. The van der Waals surface area contributed by atoms with Crippen LogP contribution in [0.15, 0.2) is 24.3 Å². The summed E-state index contributed by atoms with van der Waals surface area (Å²) in [6, 6.07) is 8.40. The van der Waals surface area contributed by atoms with E-state index in [1.54, 1.807) is 0 Å². The first-order valence-electron chi connectivity index (χ1n) is 10.4. The Hall–Kier alpha value is -1.47. The van der Waals surface area contributed by atoms with Gasteiger partial charge < -0.3 is 20.5 Å². The number of ether oxygens (including phenoxy) is 2. The fourth-order valence-corrected chi connectivity index (χ4v) is 4.29. The highest BCUT2D eigenvalue weighted by molar-refractivity contribution is 5.88. The molecule has 28 heavy (non-hydrogen) atoms. The van der Waals surface area contributed by atoms with E-state index in [1.807, 2.05) is 26.8 Å². The van der Waals surface area contributed by atoms with Crippen LogP contribution in [0.1, 0.15) is 45.2 Å². The number of hydrogen-bond acceptors (Lipinski definition) is 5. The number of nitrogens with one attached hydrogen (secondary N) is 1. The minimum atomic E-state index is -0.881. The van der Waals surface area contributed by atoms with Gasteiger partial charge in [-0.25, -0.2) is 0 Å². The smallest absolute Gasteiger partial charge is 0.241 e.